The fourth-order valence-corrected chi connectivity index (χ4v) is 9.43. The average molecular weight is 1020 g/mol. The van der Waals surface area contributed by atoms with Crippen LogP contribution in [0, 0.1) is 0 Å². The topological polar surface area (TPSA) is 215 Å². The van der Waals surface area contributed by atoms with E-state index in [1.165, 1.54) is 12.8 Å². The van der Waals surface area contributed by atoms with Crippen LogP contribution in [0.5, 0.6) is 0 Å². The number of methoxy groups -OCH3 is 2. The summed E-state index contributed by atoms with van der Waals surface area (Å²) in [6, 6.07) is 12.8. The van der Waals surface area contributed by atoms with Crippen molar-refractivity contribution < 1.29 is 9.47 Å². The zero-order valence-electron chi connectivity index (χ0n) is 43.0. The van der Waals surface area contributed by atoms with E-state index in [1.54, 1.807) is 45.1 Å². The van der Waals surface area contributed by atoms with Crippen molar-refractivity contribution in [2.24, 2.45) is 0 Å². The lowest BCUT2D eigenvalue weighted by atomic mass is 10.0. The third kappa shape index (κ3) is 13.5. The van der Waals surface area contributed by atoms with E-state index in [-0.39, 0.29) is 17.0 Å². The summed E-state index contributed by atoms with van der Waals surface area (Å²) >= 11 is 11.9. The zero-order valence-corrected chi connectivity index (χ0v) is 44.5. The molecule has 0 spiro atoms. The number of nitrogens with one attached hydrogen (secondary N) is 2. The molecule has 0 bridgehead atoms. The number of ether oxygens (including phenoxy) is 2. The fraction of sp³-hybridized carbons (Fsp3) is 0.480. The SMILES string of the molecule is CN(C)C1CCN(c2ccc(Cl)nn2)CC1.COCC(C)(C)Nc1nc(N)ncc1-c1ccncc1Cl.COCC(C)(C)n1c2cnccc2c2cnc(Nc3ccc(N4CCC(N(C)C)CC4)nn3)nc21. The van der Waals surface area contributed by atoms with Gasteiger partial charge in [-0.1, -0.05) is 23.2 Å². The van der Waals surface area contributed by atoms with Crippen LogP contribution in [0.1, 0.15) is 53.4 Å². The third-order valence-corrected chi connectivity index (χ3v) is 13.3. The molecule has 7 aromatic rings. The molecule has 22 heteroatoms. The summed E-state index contributed by atoms with van der Waals surface area (Å²) in [5.41, 5.74) is 8.43. The molecule has 72 heavy (non-hydrogen) atoms. The molecule has 9 heterocycles. The molecular formula is C50H68Cl2N18O2. The van der Waals surface area contributed by atoms with Gasteiger partial charge in [0.25, 0.3) is 0 Å². The predicted molar refractivity (Wildman–Crippen MR) is 288 cm³/mol. The summed E-state index contributed by atoms with van der Waals surface area (Å²) in [7, 11) is 11.9. The number of hydrogen-bond donors (Lipinski definition) is 3. The second kappa shape index (κ2) is 24.0. The van der Waals surface area contributed by atoms with Crippen LogP contribution in [-0.2, 0) is 15.0 Å². The monoisotopic (exact) mass is 1020 g/mol. The largest absolute Gasteiger partial charge is 0.382 e. The molecule has 9 rings (SSSR count). The number of fused-ring (bicyclic) bond motifs is 3. The molecule has 2 fully saturated rings. The third-order valence-electron chi connectivity index (χ3n) is 12.8. The Balaban J connectivity index is 0.000000174. The van der Waals surface area contributed by atoms with E-state index in [2.05, 4.69) is 122 Å². The van der Waals surface area contributed by atoms with Gasteiger partial charge in [0, 0.05) is 105 Å². The molecule has 2 aliphatic heterocycles. The van der Waals surface area contributed by atoms with Crippen LogP contribution in [-0.4, -0.2) is 164 Å². The standard InChI is InChI=1S/C25H33N9O.C14H18ClN5O.C11H17ClN4/c1-25(2,16-35-5)34-20-15-26-11-8-18(20)19-14-27-24(29-23(19)34)28-21-6-7-22(31-30-21)33-12-9-17(10-13-33)32(3)4;1-14(2,8-21-3)20-12-10(6-18-13(16)19-12)9-4-5-17-7-11(9)15;1-15(2)9-5-7-16(8-6-9)11-4-3-10(12)13-14-11/h6-8,11,14-15,17H,9-10,12-13,16H2,1-5H3,(H,27,28,29,30);4-7H,8H2,1-3H3,(H3,16,18,19,20);3-4,9H,5-8H2,1-2H3. The molecule has 2 aliphatic rings. The van der Waals surface area contributed by atoms with Gasteiger partial charge in [0.05, 0.1) is 41.0 Å². The molecule has 384 valence electrons. The van der Waals surface area contributed by atoms with Gasteiger partial charge >= 0.3 is 0 Å². The summed E-state index contributed by atoms with van der Waals surface area (Å²) < 4.78 is 12.9. The number of nitrogens with two attached hydrogens (primary N) is 1. The smallest absolute Gasteiger partial charge is 0.230 e. The summed E-state index contributed by atoms with van der Waals surface area (Å²) in [5, 5.41) is 26.4. The Hall–Kier alpha value is -6.16. The molecule has 0 aliphatic carbocycles. The van der Waals surface area contributed by atoms with E-state index < -0.39 is 0 Å². The Morgan fingerprint density at radius 1 is 0.681 bits per heavy atom. The summed E-state index contributed by atoms with van der Waals surface area (Å²) in [4.78, 5) is 35.2. The van der Waals surface area contributed by atoms with Crippen LogP contribution in [0.2, 0.25) is 10.2 Å². The molecule has 20 nitrogen and oxygen atoms in total. The second-order valence-corrected chi connectivity index (χ2v) is 20.5. The summed E-state index contributed by atoms with van der Waals surface area (Å²) in [6.45, 7) is 13.4. The van der Waals surface area contributed by atoms with E-state index >= 15 is 0 Å². The first-order valence-electron chi connectivity index (χ1n) is 24.0. The predicted octanol–water partition coefficient (Wildman–Crippen LogP) is 7.70. The molecule has 0 radical (unpaired) electrons. The quantitative estimate of drug-likeness (QED) is 0.0951. The second-order valence-electron chi connectivity index (χ2n) is 19.7. The molecule has 0 aromatic carbocycles. The van der Waals surface area contributed by atoms with Crippen LogP contribution < -0.4 is 26.2 Å². The van der Waals surface area contributed by atoms with Gasteiger partial charge in [-0.3, -0.25) is 9.97 Å². The first-order chi connectivity index (χ1) is 34.5. The Labute approximate surface area is 432 Å². The Morgan fingerprint density at radius 3 is 1.86 bits per heavy atom. The van der Waals surface area contributed by atoms with E-state index in [4.69, 9.17) is 43.4 Å². The molecule has 0 atom stereocenters. The summed E-state index contributed by atoms with van der Waals surface area (Å²) in [6.07, 6.45) is 15.0. The number of anilines is 6. The minimum Gasteiger partial charge on any atom is -0.382 e. The molecule has 0 unspecified atom stereocenters. The Bertz CT molecular complexity index is 2830. The van der Waals surface area contributed by atoms with Gasteiger partial charge in [-0.05, 0) is 118 Å². The van der Waals surface area contributed by atoms with E-state index in [9.17, 15) is 0 Å². The highest BCUT2D eigenvalue weighted by Gasteiger charge is 2.28. The van der Waals surface area contributed by atoms with Crippen molar-refractivity contribution in [2.75, 3.05) is 108 Å². The number of nitrogen functional groups attached to an aromatic ring is 1. The first kappa shape index (κ1) is 53.6. The maximum absolute atomic E-state index is 6.20. The van der Waals surface area contributed by atoms with E-state index in [0.717, 1.165) is 83.7 Å². The highest BCUT2D eigenvalue weighted by molar-refractivity contribution is 6.33. The Morgan fingerprint density at radius 2 is 1.29 bits per heavy atom. The van der Waals surface area contributed by atoms with Crippen molar-refractivity contribution in [3.63, 3.8) is 0 Å². The Kier molecular flexibility index (Phi) is 17.9. The molecule has 4 N–H and O–H groups in total. The van der Waals surface area contributed by atoms with Crippen LogP contribution in [0.15, 0.2) is 73.6 Å². The van der Waals surface area contributed by atoms with Crippen molar-refractivity contribution >= 4 is 80.3 Å². The average Bonchev–Trinajstić information content (AvgIpc) is 3.70. The van der Waals surface area contributed by atoms with Crippen LogP contribution >= 0.6 is 23.2 Å². The van der Waals surface area contributed by atoms with Gasteiger partial charge < -0.3 is 50.0 Å². The fourth-order valence-electron chi connectivity index (χ4n) is 9.10. The zero-order chi connectivity index (χ0) is 51.6. The van der Waals surface area contributed by atoms with Crippen LogP contribution in [0.4, 0.5) is 35.2 Å². The maximum Gasteiger partial charge on any atom is 0.230 e. The van der Waals surface area contributed by atoms with Crippen LogP contribution in [0.3, 0.4) is 0 Å². The van der Waals surface area contributed by atoms with Gasteiger partial charge in [-0.25, -0.2) is 9.97 Å². The van der Waals surface area contributed by atoms with Gasteiger partial charge in [0.2, 0.25) is 11.9 Å². The van der Waals surface area contributed by atoms with Crippen molar-refractivity contribution in [3.8, 4) is 11.1 Å². The van der Waals surface area contributed by atoms with Crippen LogP contribution in [0.25, 0.3) is 33.1 Å². The van der Waals surface area contributed by atoms with Gasteiger partial charge in [-0.2, -0.15) is 9.97 Å². The number of nitrogens with zero attached hydrogens (tertiary/aromatic N) is 15. The molecule has 0 amide bonds. The van der Waals surface area contributed by atoms with Gasteiger partial charge in [0.15, 0.2) is 22.6 Å². The number of hydrogen-bond acceptors (Lipinski definition) is 19. The number of halogens is 2. The normalized spacial score (nSPS) is 14.9. The van der Waals surface area contributed by atoms with Crippen molar-refractivity contribution in [2.45, 2.75) is 76.5 Å². The van der Waals surface area contributed by atoms with Crippen molar-refractivity contribution in [1.82, 2.24) is 64.7 Å². The number of rotatable bonds is 14. The highest BCUT2D eigenvalue weighted by Crippen LogP contribution is 2.35. The molecule has 7 aromatic heterocycles. The lowest BCUT2D eigenvalue weighted by molar-refractivity contribution is 0.114. The highest BCUT2D eigenvalue weighted by atomic mass is 35.5. The number of pyridine rings is 2. The number of aromatic nitrogens is 11. The van der Waals surface area contributed by atoms with E-state index in [0.29, 0.717) is 53.1 Å². The first-order valence-corrected chi connectivity index (χ1v) is 24.8. The van der Waals surface area contributed by atoms with Crippen molar-refractivity contribution in [1.29, 1.82) is 0 Å². The lowest BCUT2D eigenvalue weighted by Crippen LogP contribution is -2.42. The van der Waals surface area contributed by atoms with Gasteiger partial charge in [-0.15, -0.1) is 20.4 Å². The molecule has 0 saturated carbocycles. The summed E-state index contributed by atoms with van der Waals surface area (Å²) in [5.74, 6) is 3.71. The van der Waals surface area contributed by atoms with Crippen molar-refractivity contribution in [3.05, 3.63) is 83.8 Å². The lowest BCUT2D eigenvalue weighted by Gasteiger charge is -2.35. The maximum atomic E-state index is 6.20. The molecule has 2 saturated heterocycles. The van der Waals surface area contributed by atoms with Gasteiger partial charge in [0.1, 0.15) is 11.5 Å². The minimum atomic E-state index is -0.328. The number of piperidine rings is 2. The minimum absolute atomic E-state index is 0.194. The van der Waals surface area contributed by atoms with E-state index in [1.807, 2.05) is 56.6 Å². The molecular weight excluding hydrogens is 956 g/mol.